The second-order valence-electron chi connectivity index (χ2n) is 3.62. The highest BCUT2D eigenvalue weighted by Gasteiger charge is 2.11. The number of nitrogens with one attached hydrogen (secondary N) is 1. The lowest BCUT2D eigenvalue weighted by atomic mass is 10.3. The zero-order chi connectivity index (χ0) is 13.7. The van der Waals surface area contributed by atoms with Crippen molar-refractivity contribution in [1.29, 1.82) is 0 Å². The number of aromatic nitrogens is 1. The number of hydrazine groups is 1. The van der Waals surface area contributed by atoms with Crippen molar-refractivity contribution in [3.63, 3.8) is 0 Å². The molecule has 0 fully saturated rings. The number of amides is 1. The summed E-state index contributed by atoms with van der Waals surface area (Å²) >= 11 is 0. The van der Waals surface area contributed by atoms with E-state index in [2.05, 4.69) is 5.16 Å². The van der Waals surface area contributed by atoms with Gasteiger partial charge in [-0.2, -0.15) is 0 Å². The van der Waals surface area contributed by atoms with Gasteiger partial charge < -0.3 is 14.0 Å². The van der Waals surface area contributed by atoms with Gasteiger partial charge in [0.2, 0.25) is 0 Å². The maximum absolute atomic E-state index is 11.2. The van der Waals surface area contributed by atoms with Crippen LogP contribution in [0, 0.1) is 0 Å². The maximum atomic E-state index is 11.2. The first kappa shape index (κ1) is 12.9. The number of carbonyl (C=O) groups is 1. The van der Waals surface area contributed by atoms with Gasteiger partial charge in [0, 0.05) is 12.1 Å². The molecule has 7 nitrogen and oxygen atoms in total. The van der Waals surface area contributed by atoms with Crippen LogP contribution < -0.4 is 20.7 Å². The van der Waals surface area contributed by atoms with Crippen LogP contribution in [0.1, 0.15) is 16.2 Å². The average molecular weight is 263 g/mol. The van der Waals surface area contributed by atoms with Crippen molar-refractivity contribution >= 4 is 5.91 Å². The number of nitrogens with zero attached hydrogens (tertiary/aromatic N) is 1. The van der Waals surface area contributed by atoms with Gasteiger partial charge in [0.15, 0.2) is 11.5 Å². The number of benzene rings is 1. The van der Waals surface area contributed by atoms with Crippen LogP contribution in [0.2, 0.25) is 0 Å². The van der Waals surface area contributed by atoms with Gasteiger partial charge in [0.1, 0.15) is 18.1 Å². The van der Waals surface area contributed by atoms with Crippen molar-refractivity contribution in [3.05, 3.63) is 41.8 Å². The highest BCUT2D eigenvalue weighted by Crippen LogP contribution is 2.20. The van der Waals surface area contributed by atoms with E-state index < -0.39 is 5.91 Å². The minimum absolute atomic E-state index is 0.103. The summed E-state index contributed by atoms with van der Waals surface area (Å²) in [5.74, 6) is 6.20. The van der Waals surface area contributed by atoms with E-state index in [1.807, 2.05) is 17.6 Å². The third-order valence-corrected chi connectivity index (χ3v) is 2.34. The van der Waals surface area contributed by atoms with E-state index in [4.69, 9.17) is 19.8 Å². The summed E-state index contributed by atoms with van der Waals surface area (Å²) in [5.41, 5.74) is 2.07. The average Bonchev–Trinajstić information content (AvgIpc) is 2.93. The van der Waals surface area contributed by atoms with E-state index in [1.54, 1.807) is 19.2 Å². The number of nitrogen functional groups attached to an aromatic ring is 1. The van der Waals surface area contributed by atoms with E-state index in [9.17, 15) is 4.79 Å². The molecule has 100 valence electrons. The standard InChI is InChI=1S/C12H13N3O4/c1-17-8-3-2-4-9(5-8)18-7-10-6-11(15-19-10)12(16)14-13/h2-6H,7,13H2,1H3,(H,14,16). The molecular weight excluding hydrogens is 250 g/mol. The van der Waals surface area contributed by atoms with Gasteiger partial charge in [-0.3, -0.25) is 10.2 Å². The van der Waals surface area contributed by atoms with Gasteiger partial charge in [0.25, 0.3) is 5.91 Å². The van der Waals surface area contributed by atoms with Crippen molar-refractivity contribution in [2.24, 2.45) is 5.84 Å². The number of ether oxygens (including phenoxy) is 2. The Hall–Kier alpha value is -2.54. The molecule has 0 aliphatic rings. The van der Waals surface area contributed by atoms with E-state index in [0.717, 1.165) is 0 Å². The van der Waals surface area contributed by atoms with E-state index >= 15 is 0 Å². The molecule has 0 bridgehead atoms. The van der Waals surface area contributed by atoms with Crippen molar-refractivity contribution in [2.45, 2.75) is 6.61 Å². The number of hydrogen-bond acceptors (Lipinski definition) is 6. The molecule has 1 aromatic carbocycles. The zero-order valence-corrected chi connectivity index (χ0v) is 10.3. The molecule has 0 radical (unpaired) electrons. The van der Waals surface area contributed by atoms with E-state index in [1.165, 1.54) is 6.07 Å². The summed E-state index contributed by atoms with van der Waals surface area (Å²) in [5, 5.41) is 3.56. The first-order chi connectivity index (χ1) is 9.22. The second kappa shape index (κ2) is 5.87. The molecule has 0 saturated heterocycles. The fraction of sp³-hybridized carbons (Fsp3) is 0.167. The molecule has 0 atom stereocenters. The Morgan fingerprint density at radius 3 is 2.95 bits per heavy atom. The first-order valence-electron chi connectivity index (χ1n) is 5.46. The molecule has 2 aromatic rings. The summed E-state index contributed by atoms with van der Waals surface area (Å²) in [6.45, 7) is 0.151. The van der Waals surface area contributed by atoms with Crippen molar-refractivity contribution in [2.75, 3.05) is 7.11 Å². The number of hydrogen-bond donors (Lipinski definition) is 2. The molecule has 1 heterocycles. The molecule has 0 saturated carbocycles. The Bertz CT molecular complexity index is 568. The highest BCUT2D eigenvalue weighted by molar-refractivity contribution is 5.91. The number of methoxy groups -OCH3 is 1. The van der Waals surface area contributed by atoms with Crippen molar-refractivity contribution in [1.82, 2.24) is 10.6 Å². The first-order valence-corrected chi connectivity index (χ1v) is 5.46. The Morgan fingerprint density at radius 2 is 2.21 bits per heavy atom. The Kier molecular flexibility index (Phi) is 3.99. The van der Waals surface area contributed by atoms with Crippen LogP contribution in [-0.4, -0.2) is 18.2 Å². The summed E-state index contributed by atoms with van der Waals surface area (Å²) in [6, 6.07) is 8.60. The molecule has 0 spiro atoms. The van der Waals surface area contributed by atoms with Crippen LogP contribution in [0.4, 0.5) is 0 Å². The van der Waals surface area contributed by atoms with E-state index in [0.29, 0.717) is 17.3 Å². The summed E-state index contributed by atoms with van der Waals surface area (Å²) in [6.07, 6.45) is 0. The zero-order valence-electron chi connectivity index (χ0n) is 10.3. The van der Waals surface area contributed by atoms with Crippen LogP contribution in [0.5, 0.6) is 11.5 Å². The number of nitrogens with two attached hydrogens (primary N) is 1. The minimum atomic E-state index is -0.517. The summed E-state index contributed by atoms with van der Waals surface area (Å²) in [4.78, 5) is 11.2. The quantitative estimate of drug-likeness (QED) is 0.471. The van der Waals surface area contributed by atoms with Gasteiger partial charge in [-0.1, -0.05) is 11.2 Å². The molecule has 0 unspecified atom stereocenters. The lowest BCUT2D eigenvalue weighted by molar-refractivity contribution is 0.0944. The van der Waals surface area contributed by atoms with Crippen LogP contribution in [-0.2, 0) is 6.61 Å². The van der Waals surface area contributed by atoms with Crippen LogP contribution >= 0.6 is 0 Å². The number of carbonyl (C=O) groups excluding carboxylic acids is 1. The normalized spacial score (nSPS) is 10.0. The summed E-state index contributed by atoms with van der Waals surface area (Å²) < 4.78 is 15.5. The van der Waals surface area contributed by atoms with Gasteiger partial charge in [-0.05, 0) is 12.1 Å². The molecular formula is C12H13N3O4. The third-order valence-electron chi connectivity index (χ3n) is 2.34. The maximum Gasteiger partial charge on any atom is 0.287 e. The Labute approximate surface area is 109 Å². The predicted octanol–water partition coefficient (Wildman–Crippen LogP) is 0.866. The molecule has 0 aliphatic heterocycles. The van der Waals surface area contributed by atoms with Gasteiger partial charge in [-0.15, -0.1) is 0 Å². The minimum Gasteiger partial charge on any atom is -0.497 e. The highest BCUT2D eigenvalue weighted by atomic mass is 16.5. The number of rotatable bonds is 5. The largest absolute Gasteiger partial charge is 0.497 e. The molecule has 19 heavy (non-hydrogen) atoms. The molecule has 0 aliphatic carbocycles. The van der Waals surface area contributed by atoms with Crippen molar-refractivity contribution in [3.8, 4) is 11.5 Å². The SMILES string of the molecule is COc1cccc(OCc2cc(C(=O)NN)no2)c1. The monoisotopic (exact) mass is 263 g/mol. The Balaban J connectivity index is 1.98. The lowest BCUT2D eigenvalue weighted by Crippen LogP contribution is -2.30. The molecule has 2 rings (SSSR count). The molecule has 1 amide bonds. The summed E-state index contributed by atoms with van der Waals surface area (Å²) in [7, 11) is 1.58. The third kappa shape index (κ3) is 3.23. The van der Waals surface area contributed by atoms with Crippen molar-refractivity contribution < 1.29 is 18.8 Å². The van der Waals surface area contributed by atoms with Gasteiger partial charge >= 0.3 is 0 Å². The lowest BCUT2D eigenvalue weighted by Gasteiger charge is -2.05. The fourth-order valence-corrected chi connectivity index (χ4v) is 1.41. The predicted molar refractivity (Wildman–Crippen MR) is 65.5 cm³/mol. The molecule has 7 heteroatoms. The van der Waals surface area contributed by atoms with E-state index in [-0.39, 0.29) is 12.3 Å². The van der Waals surface area contributed by atoms with Crippen LogP contribution in [0.25, 0.3) is 0 Å². The van der Waals surface area contributed by atoms with Gasteiger partial charge in [-0.25, -0.2) is 5.84 Å². The van der Waals surface area contributed by atoms with Crippen LogP contribution in [0.15, 0.2) is 34.9 Å². The molecule has 1 aromatic heterocycles. The Morgan fingerprint density at radius 1 is 1.42 bits per heavy atom. The smallest absolute Gasteiger partial charge is 0.287 e. The molecule has 3 N–H and O–H groups in total. The second-order valence-corrected chi connectivity index (χ2v) is 3.62. The topological polar surface area (TPSA) is 99.6 Å². The van der Waals surface area contributed by atoms with Crippen LogP contribution in [0.3, 0.4) is 0 Å². The fourth-order valence-electron chi connectivity index (χ4n) is 1.41. The van der Waals surface area contributed by atoms with Gasteiger partial charge in [0.05, 0.1) is 7.11 Å².